The van der Waals surface area contributed by atoms with E-state index in [4.69, 9.17) is 16.7 Å². The Balaban J connectivity index is 2.41. The summed E-state index contributed by atoms with van der Waals surface area (Å²) in [6, 6.07) is 7.11. The zero-order chi connectivity index (χ0) is 12.8. The summed E-state index contributed by atoms with van der Waals surface area (Å²) in [5.41, 5.74) is 1.15. The summed E-state index contributed by atoms with van der Waals surface area (Å²) in [5, 5.41) is 12.8. The zero-order valence-corrected chi connectivity index (χ0v) is 10.9. The van der Waals surface area contributed by atoms with Crippen LogP contribution in [-0.4, -0.2) is 23.7 Å². The van der Waals surface area contributed by atoms with E-state index in [2.05, 4.69) is 5.32 Å². The molecule has 0 heterocycles. The van der Waals surface area contributed by atoms with E-state index in [9.17, 15) is 4.79 Å². The first-order valence-electron chi connectivity index (χ1n) is 5.71. The average Bonchev–Trinajstić information content (AvgIpc) is 2.25. The fourth-order valence-electron chi connectivity index (χ4n) is 1.63. The molecule has 0 aromatic heterocycles. The van der Waals surface area contributed by atoms with Crippen LogP contribution in [0.3, 0.4) is 0 Å². The highest BCUT2D eigenvalue weighted by Crippen LogP contribution is 2.10. The second kappa shape index (κ2) is 6.62. The Bertz CT molecular complexity index is 362. The van der Waals surface area contributed by atoms with Crippen molar-refractivity contribution in [2.24, 2.45) is 5.92 Å². The molecule has 0 fully saturated rings. The van der Waals surface area contributed by atoms with Crippen LogP contribution in [0.2, 0.25) is 5.02 Å². The Morgan fingerprint density at radius 3 is 2.41 bits per heavy atom. The van der Waals surface area contributed by atoms with Gasteiger partial charge in [-0.05, 0) is 36.6 Å². The van der Waals surface area contributed by atoms with Crippen molar-refractivity contribution in [3.8, 4) is 0 Å². The van der Waals surface area contributed by atoms with Crippen molar-refractivity contribution in [2.45, 2.75) is 26.3 Å². The van der Waals surface area contributed by atoms with E-state index in [0.29, 0.717) is 11.6 Å². The first-order chi connectivity index (χ1) is 8.00. The number of carboxylic acid groups (broad SMARTS) is 1. The largest absolute Gasteiger partial charge is 0.480 e. The van der Waals surface area contributed by atoms with Crippen LogP contribution < -0.4 is 5.32 Å². The maximum atomic E-state index is 10.9. The van der Waals surface area contributed by atoms with E-state index in [1.54, 1.807) is 0 Å². The predicted molar refractivity (Wildman–Crippen MR) is 69.4 cm³/mol. The number of halogens is 1. The molecular weight excluding hydrogens is 238 g/mol. The summed E-state index contributed by atoms with van der Waals surface area (Å²) >= 11 is 5.79. The van der Waals surface area contributed by atoms with Gasteiger partial charge in [0.05, 0.1) is 0 Å². The normalized spacial score (nSPS) is 12.7. The molecule has 0 bridgehead atoms. The molecule has 1 aromatic rings. The molecule has 4 heteroatoms. The second-order valence-electron chi connectivity index (χ2n) is 4.39. The second-order valence-corrected chi connectivity index (χ2v) is 4.83. The van der Waals surface area contributed by atoms with Gasteiger partial charge < -0.3 is 10.4 Å². The molecule has 1 aromatic carbocycles. The van der Waals surface area contributed by atoms with Crippen molar-refractivity contribution in [2.75, 3.05) is 6.54 Å². The number of nitrogens with one attached hydrogen (secondary N) is 1. The van der Waals surface area contributed by atoms with Crippen LogP contribution >= 0.6 is 11.6 Å². The minimum absolute atomic E-state index is 0.0812. The van der Waals surface area contributed by atoms with Gasteiger partial charge >= 0.3 is 5.97 Å². The highest BCUT2D eigenvalue weighted by Gasteiger charge is 2.19. The Morgan fingerprint density at radius 1 is 1.35 bits per heavy atom. The lowest BCUT2D eigenvalue weighted by Crippen LogP contribution is -2.41. The molecule has 0 unspecified atom stereocenters. The van der Waals surface area contributed by atoms with Gasteiger partial charge in [-0.15, -0.1) is 0 Å². The fourth-order valence-corrected chi connectivity index (χ4v) is 1.76. The third-order valence-electron chi connectivity index (χ3n) is 2.62. The van der Waals surface area contributed by atoms with E-state index in [1.807, 2.05) is 38.1 Å². The number of benzene rings is 1. The van der Waals surface area contributed by atoms with E-state index in [1.165, 1.54) is 0 Å². The molecule has 1 atom stereocenters. The van der Waals surface area contributed by atoms with Crippen molar-refractivity contribution >= 4 is 17.6 Å². The SMILES string of the molecule is CC(C)[C@H](NCCc1ccc(Cl)cc1)C(=O)O. The summed E-state index contributed by atoms with van der Waals surface area (Å²) in [5.74, 6) is -0.714. The van der Waals surface area contributed by atoms with Gasteiger partial charge in [0.15, 0.2) is 0 Å². The molecule has 0 spiro atoms. The topological polar surface area (TPSA) is 49.3 Å². The van der Waals surface area contributed by atoms with Gasteiger partial charge in [0.2, 0.25) is 0 Å². The van der Waals surface area contributed by atoms with Crippen LogP contribution in [0.15, 0.2) is 24.3 Å². The minimum atomic E-state index is -0.795. The molecule has 0 saturated heterocycles. The van der Waals surface area contributed by atoms with Gasteiger partial charge in [-0.25, -0.2) is 0 Å². The van der Waals surface area contributed by atoms with E-state index < -0.39 is 12.0 Å². The van der Waals surface area contributed by atoms with Crippen molar-refractivity contribution in [1.29, 1.82) is 0 Å². The van der Waals surface area contributed by atoms with Crippen LogP contribution in [0.25, 0.3) is 0 Å². The lowest BCUT2D eigenvalue weighted by Gasteiger charge is -2.17. The number of carbonyl (C=O) groups is 1. The molecule has 94 valence electrons. The molecule has 0 aliphatic carbocycles. The van der Waals surface area contributed by atoms with Gasteiger partial charge in [0.1, 0.15) is 6.04 Å². The van der Waals surface area contributed by atoms with Gasteiger partial charge in [-0.1, -0.05) is 37.6 Å². The monoisotopic (exact) mass is 255 g/mol. The van der Waals surface area contributed by atoms with E-state index >= 15 is 0 Å². The van der Waals surface area contributed by atoms with Crippen molar-refractivity contribution in [3.05, 3.63) is 34.9 Å². The molecular formula is C13H18ClNO2. The van der Waals surface area contributed by atoms with Crippen LogP contribution in [0, 0.1) is 5.92 Å². The fraction of sp³-hybridized carbons (Fsp3) is 0.462. The lowest BCUT2D eigenvalue weighted by molar-refractivity contribution is -0.140. The summed E-state index contributed by atoms with van der Waals surface area (Å²) in [4.78, 5) is 10.9. The Labute approximate surface area is 107 Å². The van der Waals surface area contributed by atoms with Crippen LogP contribution in [0.5, 0.6) is 0 Å². The molecule has 0 amide bonds. The van der Waals surface area contributed by atoms with Gasteiger partial charge in [-0.2, -0.15) is 0 Å². The number of rotatable bonds is 6. The first-order valence-corrected chi connectivity index (χ1v) is 6.09. The van der Waals surface area contributed by atoms with E-state index in [0.717, 1.165) is 12.0 Å². The van der Waals surface area contributed by atoms with Crippen LogP contribution in [0.1, 0.15) is 19.4 Å². The van der Waals surface area contributed by atoms with Crippen LogP contribution in [0.4, 0.5) is 0 Å². The third-order valence-corrected chi connectivity index (χ3v) is 2.88. The Morgan fingerprint density at radius 2 is 1.94 bits per heavy atom. The molecule has 0 aliphatic rings. The van der Waals surface area contributed by atoms with E-state index in [-0.39, 0.29) is 5.92 Å². The molecule has 3 nitrogen and oxygen atoms in total. The molecule has 1 rings (SSSR count). The smallest absolute Gasteiger partial charge is 0.320 e. The minimum Gasteiger partial charge on any atom is -0.480 e. The van der Waals surface area contributed by atoms with Gasteiger partial charge in [0, 0.05) is 5.02 Å². The quantitative estimate of drug-likeness (QED) is 0.822. The van der Waals surface area contributed by atoms with Gasteiger partial charge in [0.25, 0.3) is 0 Å². The number of aliphatic carboxylic acids is 1. The molecule has 0 radical (unpaired) electrons. The molecule has 0 aliphatic heterocycles. The predicted octanol–water partition coefficient (Wildman–Crippen LogP) is 2.58. The summed E-state index contributed by atoms with van der Waals surface area (Å²) < 4.78 is 0. The van der Waals surface area contributed by atoms with Crippen molar-refractivity contribution in [1.82, 2.24) is 5.32 Å². The van der Waals surface area contributed by atoms with Crippen molar-refractivity contribution < 1.29 is 9.90 Å². The lowest BCUT2D eigenvalue weighted by atomic mass is 10.0. The standard InChI is InChI=1S/C13H18ClNO2/c1-9(2)12(13(16)17)15-8-7-10-3-5-11(14)6-4-10/h3-6,9,12,15H,7-8H2,1-2H3,(H,16,17)/t12-/m0/s1. The first kappa shape index (κ1) is 14.0. The van der Waals surface area contributed by atoms with Crippen molar-refractivity contribution in [3.63, 3.8) is 0 Å². The highest BCUT2D eigenvalue weighted by atomic mass is 35.5. The number of hydrogen-bond donors (Lipinski definition) is 2. The maximum Gasteiger partial charge on any atom is 0.320 e. The third kappa shape index (κ3) is 4.75. The van der Waals surface area contributed by atoms with Crippen LogP contribution in [-0.2, 0) is 11.2 Å². The highest BCUT2D eigenvalue weighted by molar-refractivity contribution is 6.30. The van der Waals surface area contributed by atoms with Gasteiger partial charge in [-0.3, -0.25) is 4.79 Å². The summed E-state index contributed by atoms with van der Waals surface area (Å²) in [7, 11) is 0. The average molecular weight is 256 g/mol. The Kier molecular flexibility index (Phi) is 5.45. The zero-order valence-electron chi connectivity index (χ0n) is 10.1. The Hall–Kier alpha value is -1.06. The molecule has 2 N–H and O–H groups in total. The molecule has 0 saturated carbocycles. The maximum absolute atomic E-state index is 10.9. The number of carboxylic acids is 1. The summed E-state index contributed by atoms with van der Waals surface area (Å²) in [6.07, 6.45) is 0.799. The molecule has 17 heavy (non-hydrogen) atoms. The number of hydrogen-bond acceptors (Lipinski definition) is 2. The summed E-state index contributed by atoms with van der Waals surface area (Å²) in [6.45, 7) is 4.44.